The van der Waals surface area contributed by atoms with Crippen molar-refractivity contribution in [2.24, 2.45) is 0 Å². The molecule has 0 amide bonds. The molecule has 0 bridgehead atoms. The van der Waals surface area contributed by atoms with Gasteiger partial charge in [0.05, 0.1) is 11.6 Å². The van der Waals surface area contributed by atoms with Crippen LogP contribution in [-0.2, 0) is 0 Å². The van der Waals surface area contributed by atoms with Gasteiger partial charge in [0.1, 0.15) is 0 Å². The third kappa shape index (κ3) is 1.30. The second kappa shape index (κ2) is 3.43. The van der Waals surface area contributed by atoms with Crippen molar-refractivity contribution in [3.63, 3.8) is 0 Å². The Hall–Kier alpha value is -1.33. The van der Waals surface area contributed by atoms with E-state index in [1.165, 1.54) is 0 Å². The number of hydrogen-bond acceptors (Lipinski definition) is 1. The van der Waals surface area contributed by atoms with Gasteiger partial charge in [0.25, 0.3) is 0 Å². The summed E-state index contributed by atoms with van der Waals surface area (Å²) >= 11 is 3.52. The van der Waals surface area contributed by atoms with Crippen LogP contribution in [0.2, 0.25) is 0 Å². The number of nitrogens with zero attached hydrogens (tertiary/aromatic N) is 1. The fraction of sp³-hybridized carbons (Fsp3) is 0.0833. The normalized spacial score (nSPS) is 10.1. The number of rotatable bonds is 0. The monoisotopic (exact) mass is 245 g/mol. The summed E-state index contributed by atoms with van der Waals surface area (Å²) in [4.78, 5) is 0. The summed E-state index contributed by atoms with van der Waals surface area (Å²) in [7, 11) is 0. The van der Waals surface area contributed by atoms with Crippen molar-refractivity contribution in [2.75, 3.05) is 0 Å². The molecule has 0 fully saturated rings. The molecule has 0 spiro atoms. The van der Waals surface area contributed by atoms with Crippen LogP contribution in [0, 0.1) is 18.3 Å². The van der Waals surface area contributed by atoms with E-state index in [1.54, 1.807) is 0 Å². The molecule has 0 aliphatic heterocycles. The highest BCUT2D eigenvalue weighted by molar-refractivity contribution is 9.10. The summed E-state index contributed by atoms with van der Waals surface area (Å²) in [6, 6.07) is 12.1. The van der Waals surface area contributed by atoms with E-state index in [2.05, 4.69) is 22.0 Å². The topological polar surface area (TPSA) is 23.8 Å². The average Bonchev–Trinajstić information content (AvgIpc) is 2.23. The summed E-state index contributed by atoms with van der Waals surface area (Å²) in [5.74, 6) is 0. The van der Waals surface area contributed by atoms with Crippen molar-refractivity contribution in [1.82, 2.24) is 0 Å². The van der Waals surface area contributed by atoms with Gasteiger partial charge < -0.3 is 0 Å². The van der Waals surface area contributed by atoms with Crippen LogP contribution in [0.15, 0.2) is 34.8 Å². The van der Waals surface area contributed by atoms with Crippen molar-refractivity contribution < 1.29 is 0 Å². The minimum atomic E-state index is 0.720. The van der Waals surface area contributed by atoms with E-state index in [1.807, 2.05) is 37.3 Å². The first kappa shape index (κ1) is 9.23. The molecule has 0 unspecified atom stereocenters. The molecule has 0 N–H and O–H groups in total. The van der Waals surface area contributed by atoms with Crippen LogP contribution < -0.4 is 0 Å². The summed E-state index contributed by atoms with van der Waals surface area (Å²) in [6.07, 6.45) is 0. The largest absolute Gasteiger partial charge is 0.192 e. The lowest BCUT2D eigenvalue weighted by atomic mass is 10.0. The predicted molar refractivity (Wildman–Crippen MR) is 61.1 cm³/mol. The maximum atomic E-state index is 8.98. The molecule has 0 heterocycles. The van der Waals surface area contributed by atoms with Gasteiger partial charge in [0, 0.05) is 9.86 Å². The third-order valence-electron chi connectivity index (χ3n) is 2.30. The number of benzene rings is 2. The Kier molecular flexibility index (Phi) is 2.26. The number of fused-ring (bicyclic) bond motifs is 1. The maximum absolute atomic E-state index is 8.98. The van der Waals surface area contributed by atoms with E-state index in [0.29, 0.717) is 0 Å². The summed E-state index contributed by atoms with van der Waals surface area (Å²) < 4.78 is 1.02. The highest BCUT2D eigenvalue weighted by Gasteiger charge is 2.05. The van der Waals surface area contributed by atoms with Crippen molar-refractivity contribution in [3.8, 4) is 6.07 Å². The van der Waals surface area contributed by atoms with Crippen molar-refractivity contribution in [1.29, 1.82) is 5.26 Å². The van der Waals surface area contributed by atoms with Gasteiger partial charge in [-0.15, -0.1) is 0 Å². The lowest BCUT2D eigenvalue weighted by Crippen LogP contribution is -1.83. The first-order chi connectivity index (χ1) is 6.74. The molecular formula is C12H8BrN. The van der Waals surface area contributed by atoms with Crippen LogP contribution in [0.3, 0.4) is 0 Å². The minimum absolute atomic E-state index is 0.720. The molecule has 2 aromatic carbocycles. The zero-order chi connectivity index (χ0) is 10.1. The standard InChI is InChI=1S/C12H8BrN/c1-8-5-6-9-3-2-4-10(7-14)11(9)12(8)13/h2-6H,1H3. The molecule has 1 nitrogen and oxygen atoms in total. The van der Waals surface area contributed by atoms with E-state index < -0.39 is 0 Å². The fourth-order valence-corrected chi connectivity index (χ4v) is 2.11. The van der Waals surface area contributed by atoms with Gasteiger partial charge in [-0.3, -0.25) is 0 Å². The Bertz CT molecular complexity index is 538. The van der Waals surface area contributed by atoms with Crippen molar-refractivity contribution in [3.05, 3.63) is 45.9 Å². The lowest BCUT2D eigenvalue weighted by Gasteiger charge is -2.05. The van der Waals surface area contributed by atoms with E-state index in [9.17, 15) is 0 Å². The number of halogens is 1. The first-order valence-corrected chi connectivity index (χ1v) is 5.11. The molecule has 14 heavy (non-hydrogen) atoms. The Balaban J connectivity index is 2.99. The molecule has 2 heteroatoms. The van der Waals surface area contributed by atoms with E-state index in [4.69, 9.17) is 5.26 Å². The van der Waals surface area contributed by atoms with Gasteiger partial charge in [-0.1, -0.05) is 24.3 Å². The van der Waals surface area contributed by atoms with Gasteiger partial charge in [-0.05, 0) is 39.9 Å². The Morgan fingerprint density at radius 1 is 1.21 bits per heavy atom. The van der Waals surface area contributed by atoms with Gasteiger partial charge in [-0.2, -0.15) is 5.26 Å². The van der Waals surface area contributed by atoms with Crippen LogP contribution in [0.5, 0.6) is 0 Å². The van der Waals surface area contributed by atoms with Crippen LogP contribution >= 0.6 is 15.9 Å². The number of aryl methyl sites for hydroxylation is 1. The van der Waals surface area contributed by atoms with Crippen molar-refractivity contribution in [2.45, 2.75) is 6.92 Å². The molecule has 2 rings (SSSR count). The highest BCUT2D eigenvalue weighted by Crippen LogP contribution is 2.29. The smallest absolute Gasteiger partial charge is 0.0998 e. The maximum Gasteiger partial charge on any atom is 0.0998 e. The Morgan fingerprint density at radius 2 is 2.00 bits per heavy atom. The third-order valence-corrected chi connectivity index (χ3v) is 3.32. The van der Waals surface area contributed by atoms with E-state index in [0.717, 1.165) is 26.4 Å². The second-order valence-electron chi connectivity index (χ2n) is 3.21. The molecule has 0 saturated carbocycles. The summed E-state index contributed by atoms with van der Waals surface area (Å²) in [5, 5.41) is 11.1. The molecule has 0 radical (unpaired) electrons. The highest BCUT2D eigenvalue weighted by atomic mass is 79.9. The van der Waals surface area contributed by atoms with E-state index in [-0.39, 0.29) is 0 Å². The Morgan fingerprint density at radius 3 is 2.71 bits per heavy atom. The SMILES string of the molecule is Cc1ccc2cccc(C#N)c2c1Br. The van der Waals surface area contributed by atoms with Crippen LogP contribution in [0.4, 0.5) is 0 Å². The van der Waals surface area contributed by atoms with Gasteiger partial charge in [-0.25, -0.2) is 0 Å². The van der Waals surface area contributed by atoms with Gasteiger partial charge in [0.2, 0.25) is 0 Å². The molecular weight excluding hydrogens is 238 g/mol. The zero-order valence-electron chi connectivity index (χ0n) is 7.71. The number of nitriles is 1. The second-order valence-corrected chi connectivity index (χ2v) is 4.00. The van der Waals surface area contributed by atoms with Gasteiger partial charge in [0.15, 0.2) is 0 Å². The molecule has 0 saturated heterocycles. The predicted octanol–water partition coefficient (Wildman–Crippen LogP) is 3.78. The molecule has 0 aliphatic rings. The minimum Gasteiger partial charge on any atom is -0.192 e. The fourth-order valence-electron chi connectivity index (χ4n) is 1.53. The number of hydrogen-bond donors (Lipinski definition) is 0. The molecule has 0 aromatic heterocycles. The summed E-state index contributed by atoms with van der Waals surface area (Å²) in [6.45, 7) is 2.03. The first-order valence-electron chi connectivity index (χ1n) is 4.32. The van der Waals surface area contributed by atoms with Crippen LogP contribution in [-0.4, -0.2) is 0 Å². The summed E-state index contributed by atoms with van der Waals surface area (Å²) in [5.41, 5.74) is 1.87. The van der Waals surface area contributed by atoms with Crippen LogP contribution in [0.1, 0.15) is 11.1 Å². The molecule has 2 aromatic rings. The zero-order valence-corrected chi connectivity index (χ0v) is 9.30. The molecule has 0 atom stereocenters. The van der Waals surface area contributed by atoms with Crippen LogP contribution in [0.25, 0.3) is 10.8 Å². The Labute approximate surface area is 91.1 Å². The van der Waals surface area contributed by atoms with E-state index >= 15 is 0 Å². The van der Waals surface area contributed by atoms with Gasteiger partial charge >= 0.3 is 0 Å². The lowest BCUT2D eigenvalue weighted by molar-refractivity contribution is 1.45. The van der Waals surface area contributed by atoms with Crippen molar-refractivity contribution >= 4 is 26.7 Å². The average molecular weight is 246 g/mol. The quantitative estimate of drug-likeness (QED) is 0.693. The molecule has 68 valence electrons. The molecule has 0 aliphatic carbocycles.